The molecule has 5 heteroatoms. The van der Waals surface area contributed by atoms with Gasteiger partial charge in [-0.05, 0) is 30.4 Å². The van der Waals surface area contributed by atoms with Gasteiger partial charge in [-0.25, -0.2) is 0 Å². The maximum atomic E-state index is 12.0. The average molecular weight is 280 g/mol. The van der Waals surface area contributed by atoms with Gasteiger partial charge >= 0.3 is 6.18 Å². The third-order valence-corrected chi connectivity index (χ3v) is 4.24. The molecular weight excluding hydrogens is 261 g/mol. The van der Waals surface area contributed by atoms with Gasteiger partial charge in [-0.1, -0.05) is 20.8 Å². The van der Waals surface area contributed by atoms with Crippen LogP contribution in [0.25, 0.3) is 0 Å². The van der Waals surface area contributed by atoms with Crippen LogP contribution in [0.2, 0.25) is 0 Å². The van der Waals surface area contributed by atoms with Gasteiger partial charge in [-0.15, -0.1) is 11.3 Å². The Bertz CT molecular complexity index is 376. The van der Waals surface area contributed by atoms with Gasteiger partial charge in [0.05, 0.1) is 6.10 Å². The SMILES string of the molecule is CC(C)(C)c1ccc(C(O)CCCC(F)(F)F)s1. The largest absolute Gasteiger partial charge is 0.389 e. The van der Waals surface area contributed by atoms with E-state index in [-0.39, 0.29) is 18.3 Å². The van der Waals surface area contributed by atoms with Crippen LogP contribution in [0.15, 0.2) is 12.1 Å². The second-order valence-electron chi connectivity index (χ2n) is 5.48. The van der Waals surface area contributed by atoms with Crippen LogP contribution in [0.5, 0.6) is 0 Å². The lowest BCUT2D eigenvalue weighted by Crippen LogP contribution is -2.08. The number of halogens is 3. The molecule has 18 heavy (non-hydrogen) atoms. The van der Waals surface area contributed by atoms with Gasteiger partial charge in [0.1, 0.15) is 0 Å². The van der Waals surface area contributed by atoms with E-state index in [0.29, 0.717) is 0 Å². The Morgan fingerprint density at radius 2 is 1.83 bits per heavy atom. The van der Waals surface area contributed by atoms with Crippen LogP contribution in [0, 0.1) is 0 Å². The fourth-order valence-corrected chi connectivity index (χ4v) is 2.66. The lowest BCUT2D eigenvalue weighted by molar-refractivity contribution is -0.136. The highest BCUT2D eigenvalue weighted by Crippen LogP contribution is 2.34. The van der Waals surface area contributed by atoms with Crippen molar-refractivity contribution in [1.82, 2.24) is 0 Å². The highest BCUT2D eigenvalue weighted by atomic mass is 32.1. The van der Waals surface area contributed by atoms with E-state index in [2.05, 4.69) is 20.8 Å². The summed E-state index contributed by atoms with van der Waals surface area (Å²) >= 11 is 1.47. The molecule has 1 aromatic rings. The molecule has 0 saturated carbocycles. The van der Waals surface area contributed by atoms with Crippen molar-refractivity contribution in [2.24, 2.45) is 0 Å². The van der Waals surface area contributed by atoms with E-state index in [1.165, 1.54) is 11.3 Å². The molecule has 0 saturated heterocycles. The molecule has 0 amide bonds. The van der Waals surface area contributed by atoms with Gasteiger partial charge in [0, 0.05) is 16.2 Å². The Balaban J connectivity index is 2.52. The van der Waals surface area contributed by atoms with E-state index in [1.807, 2.05) is 12.1 Å². The van der Waals surface area contributed by atoms with Crippen molar-refractivity contribution >= 4 is 11.3 Å². The first-order chi connectivity index (χ1) is 8.09. The van der Waals surface area contributed by atoms with Crippen LogP contribution in [0.3, 0.4) is 0 Å². The van der Waals surface area contributed by atoms with Crippen molar-refractivity contribution in [3.05, 3.63) is 21.9 Å². The standard InChI is InChI=1S/C13H19F3OS/c1-12(2,3)11-7-6-10(18-11)9(17)5-4-8-13(14,15)16/h6-7,9,17H,4-5,8H2,1-3H3. The molecular formula is C13H19F3OS. The summed E-state index contributed by atoms with van der Waals surface area (Å²) < 4.78 is 36.0. The fraction of sp³-hybridized carbons (Fsp3) is 0.692. The number of rotatable bonds is 4. The van der Waals surface area contributed by atoms with E-state index < -0.39 is 18.7 Å². The van der Waals surface area contributed by atoms with Gasteiger partial charge in [0.2, 0.25) is 0 Å². The van der Waals surface area contributed by atoms with Crippen LogP contribution >= 0.6 is 11.3 Å². The summed E-state index contributed by atoms with van der Waals surface area (Å²) in [6.45, 7) is 6.20. The third kappa shape index (κ3) is 4.98. The zero-order chi connectivity index (χ0) is 14.0. The van der Waals surface area contributed by atoms with Crippen LogP contribution in [0.1, 0.15) is 55.9 Å². The molecule has 1 N–H and O–H groups in total. The maximum absolute atomic E-state index is 12.0. The Labute approximate surface area is 110 Å². The predicted molar refractivity (Wildman–Crippen MR) is 67.9 cm³/mol. The Kier molecular flexibility index (Phi) is 4.84. The number of aliphatic hydroxyl groups excluding tert-OH is 1. The first kappa shape index (κ1) is 15.5. The highest BCUT2D eigenvalue weighted by molar-refractivity contribution is 7.12. The predicted octanol–water partition coefficient (Wildman–Crippen LogP) is 4.81. The van der Waals surface area contributed by atoms with Gasteiger partial charge in [0.15, 0.2) is 0 Å². The molecule has 0 fully saturated rings. The zero-order valence-corrected chi connectivity index (χ0v) is 11.7. The molecule has 1 heterocycles. The lowest BCUT2D eigenvalue weighted by atomic mass is 9.95. The molecule has 0 aliphatic carbocycles. The third-order valence-electron chi connectivity index (χ3n) is 2.63. The minimum absolute atomic E-state index is 0.00854. The normalized spacial score (nSPS) is 14.8. The molecule has 0 aliphatic rings. The summed E-state index contributed by atoms with van der Waals surface area (Å²) in [5, 5.41) is 9.84. The van der Waals surface area contributed by atoms with Crippen LogP contribution in [-0.2, 0) is 5.41 Å². The van der Waals surface area contributed by atoms with Crippen molar-refractivity contribution in [1.29, 1.82) is 0 Å². The number of aliphatic hydroxyl groups is 1. The molecule has 0 aliphatic heterocycles. The second kappa shape index (κ2) is 5.61. The Morgan fingerprint density at radius 1 is 1.22 bits per heavy atom. The number of thiophene rings is 1. The molecule has 1 aromatic heterocycles. The quantitative estimate of drug-likeness (QED) is 0.839. The zero-order valence-electron chi connectivity index (χ0n) is 10.8. The minimum atomic E-state index is -4.13. The van der Waals surface area contributed by atoms with Crippen molar-refractivity contribution in [2.45, 2.75) is 57.7 Å². The van der Waals surface area contributed by atoms with Crippen LogP contribution in [0.4, 0.5) is 13.2 Å². The monoisotopic (exact) mass is 280 g/mol. The topological polar surface area (TPSA) is 20.2 Å². The van der Waals surface area contributed by atoms with E-state index in [4.69, 9.17) is 0 Å². The van der Waals surface area contributed by atoms with Gasteiger partial charge in [-0.2, -0.15) is 13.2 Å². The van der Waals surface area contributed by atoms with Crippen molar-refractivity contribution in [3.63, 3.8) is 0 Å². The second-order valence-corrected chi connectivity index (χ2v) is 6.59. The highest BCUT2D eigenvalue weighted by Gasteiger charge is 2.27. The molecule has 1 nitrogen and oxygen atoms in total. The van der Waals surface area contributed by atoms with Crippen LogP contribution in [-0.4, -0.2) is 11.3 Å². The van der Waals surface area contributed by atoms with Gasteiger partial charge in [-0.3, -0.25) is 0 Å². The van der Waals surface area contributed by atoms with E-state index >= 15 is 0 Å². The van der Waals surface area contributed by atoms with Gasteiger partial charge in [0.25, 0.3) is 0 Å². The van der Waals surface area contributed by atoms with Crippen molar-refractivity contribution < 1.29 is 18.3 Å². The number of alkyl halides is 3. The first-order valence-corrected chi connectivity index (χ1v) is 6.76. The van der Waals surface area contributed by atoms with Crippen molar-refractivity contribution in [3.8, 4) is 0 Å². The van der Waals surface area contributed by atoms with Crippen LogP contribution < -0.4 is 0 Å². The van der Waals surface area contributed by atoms with Gasteiger partial charge < -0.3 is 5.11 Å². The fourth-order valence-electron chi connectivity index (χ4n) is 1.57. The lowest BCUT2D eigenvalue weighted by Gasteiger charge is -2.15. The molecule has 0 aromatic carbocycles. The Morgan fingerprint density at radius 3 is 2.28 bits per heavy atom. The summed E-state index contributed by atoms with van der Waals surface area (Å²) in [7, 11) is 0. The minimum Gasteiger partial charge on any atom is -0.388 e. The Hall–Kier alpha value is -0.550. The summed E-state index contributed by atoms with van der Waals surface area (Å²) in [4.78, 5) is 1.88. The molecule has 0 spiro atoms. The summed E-state index contributed by atoms with van der Waals surface area (Å²) in [5.41, 5.74) is 0.00854. The average Bonchev–Trinajstić information content (AvgIpc) is 2.62. The maximum Gasteiger partial charge on any atom is 0.389 e. The summed E-state index contributed by atoms with van der Waals surface area (Å²) in [5.74, 6) is 0. The molecule has 1 rings (SSSR count). The van der Waals surface area contributed by atoms with E-state index in [9.17, 15) is 18.3 Å². The molecule has 0 radical (unpaired) electrons. The first-order valence-electron chi connectivity index (χ1n) is 5.94. The molecule has 104 valence electrons. The molecule has 1 atom stereocenters. The summed E-state index contributed by atoms with van der Waals surface area (Å²) in [6.07, 6.45) is -5.63. The number of hydrogen-bond acceptors (Lipinski definition) is 2. The smallest absolute Gasteiger partial charge is 0.388 e. The number of hydrogen-bond donors (Lipinski definition) is 1. The van der Waals surface area contributed by atoms with E-state index in [1.54, 1.807) is 0 Å². The van der Waals surface area contributed by atoms with Crippen molar-refractivity contribution in [2.75, 3.05) is 0 Å². The molecule has 0 bridgehead atoms. The molecule has 1 unspecified atom stereocenters. The summed E-state index contributed by atoms with van der Waals surface area (Å²) in [6, 6.07) is 3.75. The van der Waals surface area contributed by atoms with E-state index in [0.717, 1.165) is 9.75 Å².